The zero-order valence-electron chi connectivity index (χ0n) is 12.5. The monoisotopic (exact) mass is 317 g/mol. The van der Waals surface area contributed by atoms with Gasteiger partial charge in [-0.15, -0.1) is 10.2 Å². The van der Waals surface area contributed by atoms with E-state index in [4.69, 9.17) is 0 Å². The molecule has 0 aliphatic carbocycles. The molecular weight excluding hydrogens is 298 g/mol. The van der Waals surface area contributed by atoms with E-state index in [1.165, 1.54) is 17.8 Å². The van der Waals surface area contributed by atoms with Crippen molar-refractivity contribution in [2.24, 2.45) is 5.92 Å². The minimum atomic E-state index is -0.0816. The van der Waals surface area contributed by atoms with Gasteiger partial charge in [-0.3, -0.25) is 10.3 Å². The summed E-state index contributed by atoms with van der Waals surface area (Å²) in [6, 6.07) is 5.55. The molecule has 1 N–H and O–H groups in total. The number of amides is 2. The molecule has 0 saturated carbocycles. The summed E-state index contributed by atoms with van der Waals surface area (Å²) >= 11 is 1.34. The highest BCUT2D eigenvalue weighted by Crippen LogP contribution is 2.25. The number of nitrogens with one attached hydrogen (secondary N) is 1. The molecule has 0 spiro atoms. The first-order valence-electron chi connectivity index (χ1n) is 7.57. The van der Waals surface area contributed by atoms with Crippen molar-refractivity contribution in [3.63, 3.8) is 0 Å². The Morgan fingerprint density at radius 3 is 3.14 bits per heavy atom. The SMILES string of the molecule is CCC1CCCN(C(=O)Nc2nnc(-c3ccccn3)s2)C1. The van der Waals surface area contributed by atoms with Crippen LogP contribution < -0.4 is 5.32 Å². The average Bonchev–Trinajstić information content (AvgIpc) is 3.04. The molecule has 3 rings (SSSR count). The third-order valence-corrected chi connectivity index (χ3v) is 4.77. The summed E-state index contributed by atoms with van der Waals surface area (Å²) in [6.07, 6.45) is 5.12. The van der Waals surface area contributed by atoms with E-state index in [1.54, 1.807) is 6.20 Å². The molecular formula is C15H19N5OS. The van der Waals surface area contributed by atoms with Gasteiger partial charge >= 0.3 is 6.03 Å². The molecule has 2 aromatic rings. The number of aromatic nitrogens is 3. The summed E-state index contributed by atoms with van der Waals surface area (Å²) in [4.78, 5) is 18.4. The van der Waals surface area contributed by atoms with Crippen molar-refractivity contribution in [3.8, 4) is 10.7 Å². The second kappa shape index (κ2) is 6.83. The molecule has 1 saturated heterocycles. The Morgan fingerprint density at radius 1 is 1.45 bits per heavy atom. The van der Waals surface area contributed by atoms with Crippen LogP contribution in [0, 0.1) is 5.92 Å². The predicted molar refractivity (Wildman–Crippen MR) is 86.7 cm³/mol. The van der Waals surface area contributed by atoms with Gasteiger partial charge in [0.1, 0.15) is 5.69 Å². The Labute approximate surface area is 133 Å². The van der Waals surface area contributed by atoms with Crippen LogP contribution in [-0.2, 0) is 0 Å². The molecule has 3 heterocycles. The molecule has 0 radical (unpaired) electrons. The number of anilines is 1. The van der Waals surface area contributed by atoms with Crippen molar-refractivity contribution in [2.75, 3.05) is 18.4 Å². The van der Waals surface area contributed by atoms with Crippen LogP contribution in [0.5, 0.6) is 0 Å². The highest BCUT2D eigenvalue weighted by molar-refractivity contribution is 7.18. The molecule has 0 bridgehead atoms. The molecule has 1 unspecified atom stereocenters. The second-order valence-electron chi connectivity index (χ2n) is 5.42. The first-order chi connectivity index (χ1) is 10.8. The van der Waals surface area contributed by atoms with Crippen LogP contribution in [0.25, 0.3) is 10.7 Å². The van der Waals surface area contributed by atoms with E-state index in [1.807, 2.05) is 23.1 Å². The lowest BCUT2D eigenvalue weighted by atomic mass is 9.96. The van der Waals surface area contributed by atoms with E-state index >= 15 is 0 Å². The summed E-state index contributed by atoms with van der Waals surface area (Å²) in [5.74, 6) is 0.609. The molecule has 1 aliphatic rings. The average molecular weight is 317 g/mol. The predicted octanol–water partition coefficient (Wildman–Crippen LogP) is 3.25. The fourth-order valence-corrected chi connectivity index (χ4v) is 3.33. The quantitative estimate of drug-likeness (QED) is 0.943. The minimum absolute atomic E-state index is 0.0816. The standard InChI is InChI=1S/C15H19N5OS/c1-2-11-6-5-9-20(10-11)15(21)17-14-19-18-13(22-14)12-7-3-4-8-16-12/h3-4,7-8,11H,2,5-6,9-10H2,1H3,(H,17,19,21). The number of likely N-dealkylation sites (tertiary alicyclic amines) is 1. The number of rotatable bonds is 3. The number of carbonyl (C=O) groups excluding carboxylic acids is 1. The maximum atomic E-state index is 12.3. The maximum Gasteiger partial charge on any atom is 0.323 e. The Bertz CT molecular complexity index is 630. The molecule has 6 nitrogen and oxygen atoms in total. The molecule has 116 valence electrons. The van der Waals surface area contributed by atoms with Crippen molar-refractivity contribution < 1.29 is 4.79 Å². The van der Waals surface area contributed by atoms with E-state index in [-0.39, 0.29) is 6.03 Å². The molecule has 1 fully saturated rings. The van der Waals surface area contributed by atoms with Crippen LogP contribution >= 0.6 is 11.3 Å². The largest absolute Gasteiger partial charge is 0.324 e. The molecule has 1 aliphatic heterocycles. The van der Waals surface area contributed by atoms with Gasteiger partial charge in [0, 0.05) is 19.3 Å². The summed E-state index contributed by atoms with van der Waals surface area (Å²) in [5, 5.41) is 12.2. The fraction of sp³-hybridized carbons (Fsp3) is 0.467. The van der Waals surface area contributed by atoms with Crippen molar-refractivity contribution in [3.05, 3.63) is 24.4 Å². The Balaban J connectivity index is 1.64. The molecule has 0 aromatic carbocycles. The van der Waals surface area contributed by atoms with E-state index in [0.717, 1.165) is 31.6 Å². The van der Waals surface area contributed by atoms with Gasteiger partial charge in [-0.2, -0.15) is 0 Å². The van der Waals surface area contributed by atoms with Gasteiger partial charge in [-0.1, -0.05) is 30.7 Å². The topological polar surface area (TPSA) is 71.0 Å². The van der Waals surface area contributed by atoms with Crippen molar-refractivity contribution in [2.45, 2.75) is 26.2 Å². The Morgan fingerprint density at radius 2 is 2.36 bits per heavy atom. The molecule has 22 heavy (non-hydrogen) atoms. The van der Waals surface area contributed by atoms with E-state index in [0.29, 0.717) is 16.1 Å². The highest BCUT2D eigenvalue weighted by Gasteiger charge is 2.23. The smallest absolute Gasteiger partial charge is 0.323 e. The van der Waals surface area contributed by atoms with Gasteiger partial charge in [-0.05, 0) is 30.9 Å². The Hall–Kier alpha value is -2.02. The number of hydrogen-bond donors (Lipinski definition) is 1. The zero-order chi connectivity index (χ0) is 15.4. The van der Waals surface area contributed by atoms with E-state index in [2.05, 4.69) is 27.4 Å². The third kappa shape index (κ3) is 3.41. The summed E-state index contributed by atoms with van der Waals surface area (Å²) in [6.45, 7) is 3.82. The lowest BCUT2D eigenvalue weighted by molar-refractivity contribution is 0.176. The number of pyridine rings is 1. The summed E-state index contributed by atoms with van der Waals surface area (Å²) < 4.78 is 0. The van der Waals surface area contributed by atoms with Gasteiger partial charge in [0.15, 0.2) is 5.01 Å². The molecule has 7 heteroatoms. The van der Waals surface area contributed by atoms with Gasteiger partial charge in [0.2, 0.25) is 5.13 Å². The van der Waals surface area contributed by atoms with Gasteiger partial charge in [0.25, 0.3) is 0 Å². The van der Waals surface area contributed by atoms with Crippen LogP contribution in [0.2, 0.25) is 0 Å². The fourth-order valence-electron chi connectivity index (χ4n) is 2.62. The first-order valence-corrected chi connectivity index (χ1v) is 8.38. The lowest BCUT2D eigenvalue weighted by Crippen LogP contribution is -2.42. The number of hydrogen-bond acceptors (Lipinski definition) is 5. The van der Waals surface area contributed by atoms with Crippen molar-refractivity contribution in [1.29, 1.82) is 0 Å². The Kier molecular flexibility index (Phi) is 4.62. The first kappa shape index (κ1) is 14.9. The minimum Gasteiger partial charge on any atom is -0.324 e. The third-order valence-electron chi connectivity index (χ3n) is 3.91. The van der Waals surface area contributed by atoms with Crippen LogP contribution in [0.4, 0.5) is 9.93 Å². The van der Waals surface area contributed by atoms with Gasteiger partial charge < -0.3 is 4.90 Å². The van der Waals surface area contributed by atoms with Crippen molar-refractivity contribution in [1.82, 2.24) is 20.1 Å². The highest BCUT2D eigenvalue weighted by atomic mass is 32.1. The lowest BCUT2D eigenvalue weighted by Gasteiger charge is -2.31. The zero-order valence-corrected chi connectivity index (χ0v) is 13.3. The second-order valence-corrected chi connectivity index (χ2v) is 6.40. The van der Waals surface area contributed by atoms with Crippen LogP contribution in [0.15, 0.2) is 24.4 Å². The number of nitrogens with zero attached hydrogens (tertiary/aromatic N) is 4. The molecule has 1 atom stereocenters. The number of carbonyl (C=O) groups is 1. The normalized spacial score (nSPS) is 18.2. The van der Waals surface area contributed by atoms with Crippen LogP contribution in [0.1, 0.15) is 26.2 Å². The van der Waals surface area contributed by atoms with Crippen LogP contribution in [-0.4, -0.2) is 39.2 Å². The number of urea groups is 1. The maximum absolute atomic E-state index is 12.3. The summed E-state index contributed by atoms with van der Waals surface area (Å²) in [5.41, 5.74) is 0.768. The van der Waals surface area contributed by atoms with E-state index in [9.17, 15) is 4.79 Å². The summed E-state index contributed by atoms with van der Waals surface area (Å²) in [7, 11) is 0. The van der Waals surface area contributed by atoms with Gasteiger partial charge in [0.05, 0.1) is 0 Å². The van der Waals surface area contributed by atoms with E-state index < -0.39 is 0 Å². The van der Waals surface area contributed by atoms with Crippen molar-refractivity contribution >= 4 is 22.5 Å². The molecule has 2 aromatic heterocycles. The van der Waals surface area contributed by atoms with Gasteiger partial charge in [-0.25, -0.2) is 4.79 Å². The number of piperidine rings is 1. The van der Waals surface area contributed by atoms with Crippen LogP contribution in [0.3, 0.4) is 0 Å². The molecule has 2 amide bonds.